The Morgan fingerprint density at radius 2 is 2.03 bits per heavy atom. The second-order valence-electron chi connectivity index (χ2n) is 13.4. The Morgan fingerprint density at radius 3 is 2.89 bits per heavy atom. The van der Waals surface area contributed by atoms with Gasteiger partial charge in [-0.3, -0.25) is 4.98 Å². The quantitative estimate of drug-likeness (QED) is 0.461. The Morgan fingerprint density at radius 1 is 1.11 bits per heavy atom. The standard InChI is InChI=1S/C32H38FN2O2/c1-30-11-8-25-17-24-4-5-27(35(36)15-10-26(33)20-35)18-31(24)12-13-32(25,37-31)29(30)7-6-28(30)22-3-2-21-9-14-34-19-23(21)16-22/h2-3,8-9,14,16-17,19,26-29,36H,4-7,10-13,15,18,20H2,1H3/q+1/t26-,27?,28?,29+,30+,31+,32+,35?/m0/s1. The van der Waals surface area contributed by atoms with Gasteiger partial charge < -0.3 is 4.74 Å². The number of hydroxylamine groups is 3. The van der Waals surface area contributed by atoms with Crippen molar-refractivity contribution in [3.05, 3.63) is 65.5 Å². The van der Waals surface area contributed by atoms with Gasteiger partial charge in [-0.25, -0.2) is 9.60 Å². The molecule has 8 rings (SSSR count). The van der Waals surface area contributed by atoms with Crippen molar-refractivity contribution >= 4 is 10.8 Å². The fourth-order valence-corrected chi connectivity index (χ4v) is 9.88. The molecule has 2 aromatic rings. The molecule has 194 valence electrons. The van der Waals surface area contributed by atoms with E-state index in [1.807, 2.05) is 12.4 Å². The number of aromatic nitrogens is 1. The summed E-state index contributed by atoms with van der Waals surface area (Å²) in [5, 5.41) is 13.8. The normalized spacial score (nSPS) is 46.2. The SMILES string of the molecule is C[C@]12CC=C3C=C4CCC([N+]5(O)CC[C@H](F)C5)C[C@]45CC[C@]3(O5)[C@@H]1CCC2c1ccc2ccncc2c1. The number of alkyl halides is 1. The number of rotatable bonds is 2. The van der Waals surface area contributed by atoms with Gasteiger partial charge in [0.2, 0.25) is 0 Å². The lowest BCUT2D eigenvalue weighted by atomic mass is 9.58. The first-order valence-corrected chi connectivity index (χ1v) is 14.5. The fraction of sp³-hybridized carbons (Fsp3) is 0.594. The first-order chi connectivity index (χ1) is 17.8. The van der Waals surface area contributed by atoms with Crippen LogP contribution in [-0.4, -0.2) is 51.3 Å². The summed E-state index contributed by atoms with van der Waals surface area (Å²) in [5.74, 6) is 1.00. The number of allylic oxidation sites excluding steroid dienone is 1. The van der Waals surface area contributed by atoms with Gasteiger partial charge in [-0.1, -0.05) is 31.2 Å². The van der Waals surface area contributed by atoms with Gasteiger partial charge in [0.05, 0.1) is 11.2 Å². The molecule has 2 saturated heterocycles. The minimum absolute atomic E-state index is 0.0797. The second-order valence-corrected chi connectivity index (χ2v) is 13.4. The van der Waals surface area contributed by atoms with E-state index in [0.29, 0.717) is 24.8 Å². The molecule has 2 bridgehead atoms. The van der Waals surface area contributed by atoms with Crippen molar-refractivity contribution in [1.82, 2.24) is 4.98 Å². The van der Waals surface area contributed by atoms with Crippen LogP contribution in [0.25, 0.3) is 10.8 Å². The van der Waals surface area contributed by atoms with E-state index in [0.717, 1.165) is 38.5 Å². The average molecular weight is 502 g/mol. The largest absolute Gasteiger partial charge is 0.359 e. The van der Waals surface area contributed by atoms with Crippen LogP contribution in [0.4, 0.5) is 4.39 Å². The third-order valence-electron chi connectivity index (χ3n) is 11.7. The Balaban J connectivity index is 1.14. The molecule has 8 atom stereocenters. The second kappa shape index (κ2) is 7.52. The molecule has 3 aliphatic carbocycles. The highest BCUT2D eigenvalue weighted by molar-refractivity contribution is 5.82. The molecule has 3 aliphatic heterocycles. The smallest absolute Gasteiger partial charge is 0.157 e. The van der Waals surface area contributed by atoms with Crippen molar-refractivity contribution in [2.24, 2.45) is 11.3 Å². The summed E-state index contributed by atoms with van der Waals surface area (Å²) in [6.07, 6.45) is 16.8. The van der Waals surface area contributed by atoms with Crippen LogP contribution in [-0.2, 0) is 4.74 Å². The number of nitrogens with zero attached hydrogens (tertiary/aromatic N) is 2. The fourth-order valence-electron chi connectivity index (χ4n) is 9.88. The zero-order valence-corrected chi connectivity index (χ0v) is 21.8. The van der Waals surface area contributed by atoms with Gasteiger partial charge >= 0.3 is 0 Å². The maximum Gasteiger partial charge on any atom is 0.157 e. The highest BCUT2D eigenvalue weighted by Gasteiger charge is 2.67. The molecular formula is C32H38FN2O2+. The summed E-state index contributed by atoms with van der Waals surface area (Å²) < 4.78 is 21.5. The lowest BCUT2D eigenvalue weighted by molar-refractivity contribution is -1.11. The number of hydrogen-bond donors (Lipinski definition) is 1. The number of fused-ring (bicyclic) bond motifs is 2. The minimum Gasteiger partial charge on any atom is -0.359 e. The minimum atomic E-state index is -0.878. The molecule has 1 aromatic carbocycles. The van der Waals surface area contributed by atoms with Gasteiger partial charge in [0.1, 0.15) is 19.1 Å². The van der Waals surface area contributed by atoms with Crippen molar-refractivity contribution < 1.29 is 19.0 Å². The first-order valence-electron chi connectivity index (χ1n) is 14.5. The van der Waals surface area contributed by atoms with E-state index in [9.17, 15) is 9.60 Å². The van der Waals surface area contributed by atoms with Crippen LogP contribution < -0.4 is 0 Å². The molecular weight excluding hydrogens is 463 g/mol. The third kappa shape index (κ3) is 3.02. The Hall–Kier alpha value is -2.08. The van der Waals surface area contributed by atoms with E-state index in [4.69, 9.17) is 4.74 Å². The summed E-state index contributed by atoms with van der Waals surface area (Å²) in [4.78, 5) is 4.37. The van der Waals surface area contributed by atoms with Crippen LogP contribution in [0.5, 0.6) is 0 Å². The third-order valence-corrected chi connectivity index (χ3v) is 11.7. The zero-order valence-electron chi connectivity index (χ0n) is 21.8. The van der Waals surface area contributed by atoms with E-state index in [-0.39, 0.29) is 33.9 Å². The Bertz CT molecular complexity index is 1360. The predicted octanol–water partition coefficient (Wildman–Crippen LogP) is 6.79. The van der Waals surface area contributed by atoms with Crippen molar-refractivity contribution in [2.75, 3.05) is 13.1 Å². The van der Waals surface area contributed by atoms with Crippen molar-refractivity contribution in [1.29, 1.82) is 0 Å². The number of ether oxygens (including phenoxy) is 1. The highest BCUT2D eigenvalue weighted by atomic mass is 19.1. The summed E-state index contributed by atoms with van der Waals surface area (Å²) in [6.45, 7) is 3.31. The van der Waals surface area contributed by atoms with Crippen LogP contribution in [0.3, 0.4) is 0 Å². The van der Waals surface area contributed by atoms with Gasteiger partial charge in [-0.15, -0.1) is 0 Å². The molecule has 6 aliphatic rings. The summed E-state index contributed by atoms with van der Waals surface area (Å²) in [7, 11) is 0. The van der Waals surface area contributed by atoms with Crippen LogP contribution in [0, 0.1) is 11.3 Å². The van der Waals surface area contributed by atoms with Crippen LogP contribution in [0.15, 0.2) is 60.0 Å². The molecule has 4 fully saturated rings. The molecule has 0 radical (unpaired) electrons. The molecule has 4 heterocycles. The van der Waals surface area contributed by atoms with E-state index < -0.39 is 6.17 Å². The first kappa shape index (κ1) is 22.9. The van der Waals surface area contributed by atoms with Crippen molar-refractivity contribution in [3.63, 3.8) is 0 Å². The summed E-state index contributed by atoms with van der Waals surface area (Å²) in [5.41, 5.74) is 3.99. The topological polar surface area (TPSA) is 42.4 Å². The van der Waals surface area contributed by atoms with Gasteiger partial charge in [-0.05, 0) is 90.0 Å². The maximum absolute atomic E-state index is 14.1. The van der Waals surface area contributed by atoms with E-state index in [1.54, 1.807) is 0 Å². The molecule has 5 heteroatoms. The number of pyridine rings is 1. The Labute approximate surface area is 218 Å². The molecule has 4 nitrogen and oxygen atoms in total. The molecule has 2 spiro atoms. The average Bonchev–Trinajstić information content (AvgIpc) is 3.55. The van der Waals surface area contributed by atoms with Crippen LogP contribution >= 0.6 is 0 Å². The lowest BCUT2D eigenvalue weighted by Crippen LogP contribution is -2.59. The monoisotopic (exact) mass is 501 g/mol. The molecule has 0 amide bonds. The Kier molecular flexibility index (Phi) is 4.65. The highest BCUT2D eigenvalue weighted by Crippen LogP contribution is 2.69. The van der Waals surface area contributed by atoms with Gasteiger partial charge in [0.25, 0.3) is 0 Å². The van der Waals surface area contributed by atoms with E-state index in [2.05, 4.69) is 48.3 Å². The summed E-state index contributed by atoms with van der Waals surface area (Å²) >= 11 is 0. The van der Waals surface area contributed by atoms with Gasteiger partial charge in [-0.2, -0.15) is 4.65 Å². The van der Waals surface area contributed by atoms with Crippen molar-refractivity contribution in [2.45, 2.75) is 94.0 Å². The maximum atomic E-state index is 14.1. The molecule has 1 N–H and O–H groups in total. The van der Waals surface area contributed by atoms with Crippen LogP contribution in [0.2, 0.25) is 0 Å². The molecule has 2 saturated carbocycles. The number of hydrogen-bond acceptors (Lipinski definition) is 3. The van der Waals surface area contributed by atoms with Gasteiger partial charge in [0, 0.05) is 37.0 Å². The molecule has 1 aromatic heterocycles. The van der Waals surface area contributed by atoms with Crippen molar-refractivity contribution in [3.8, 4) is 0 Å². The molecule has 37 heavy (non-hydrogen) atoms. The van der Waals surface area contributed by atoms with Crippen LogP contribution in [0.1, 0.15) is 76.2 Å². The zero-order chi connectivity index (χ0) is 25.0. The molecule has 3 unspecified atom stereocenters. The van der Waals surface area contributed by atoms with E-state index in [1.165, 1.54) is 40.3 Å². The number of halogens is 1. The number of benzene rings is 1. The number of quaternary nitrogens is 1. The summed E-state index contributed by atoms with van der Waals surface area (Å²) in [6, 6.07) is 9.15. The van der Waals surface area contributed by atoms with Gasteiger partial charge in [0.15, 0.2) is 6.17 Å². The lowest BCUT2D eigenvalue weighted by Gasteiger charge is -2.55. The number of likely N-dealkylation sites (tertiary alicyclic amines) is 1. The predicted molar refractivity (Wildman–Crippen MR) is 141 cm³/mol. The van der Waals surface area contributed by atoms with E-state index >= 15 is 0 Å².